The molecular weight excluding hydrogens is 208 g/mol. The van der Waals surface area contributed by atoms with Crippen molar-refractivity contribution in [3.8, 4) is 16.9 Å². The lowest BCUT2D eigenvalue weighted by Gasteiger charge is -2.10. The van der Waals surface area contributed by atoms with E-state index in [-0.39, 0.29) is 0 Å². The van der Waals surface area contributed by atoms with Crippen molar-refractivity contribution in [1.29, 1.82) is 0 Å². The molecule has 2 aromatic rings. The van der Waals surface area contributed by atoms with Crippen LogP contribution in [-0.4, -0.2) is 6.61 Å². The van der Waals surface area contributed by atoms with E-state index in [0.717, 1.165) is 12.4 Å². The van der Waals surface area contributed by atoms with Crippen LogP contribution >= 0.6 is 0 Å². The summed E-state index contributed by atoms with van der Waals surface area (Å²) in [5, 5.41) is 0. The lowest BCUT2D eigenvalue weighted by atomic mass is 9.92. The Morgan fingerprint density at radius 2 is 1.76 bits per heavy atom. The smallest absolute Gasteiger partial charge is 0.130 e. The van der Waals surface area contributed by atoms with Gasteiger partial charge in [0.1, 0.15) is 5.75 Å². The SMILES string of the molecule is Cc1cccc2c1OCC(C)c1ccccc1-2. The zero-order chi connectivity index (χ0) is 11.8. The summed E-state index contributed by atoms with van der Waals surface area (Å²) in [6.07, 6.45) is 0. The van der Waals surface area contributed by atoms with Gasteiger partial charge in [0.25, 0.3) is 0 Å². The second-order valence-corrected chi connectivity index (χ2v) is 4.75. The molecule has 0 fully saturated rings. The Morgan fingerprint density at radius 1 is 1.00 bits per heavy atom. The Bertz CT molecular complexity index is 557. The number of fused-ring (bicyclic) bond motifs is 3. The van der Waals surface area contributed by atoms with Crippen molar-refractivity contribution in [3.05, 3.63) is 53.6 Å². The van der Waals surface area contributed by atoms with Crippen LogP contribution in [0.25, 0.3) is 11.1 Å². The molecule has 0 aromatic heterocycles. The highest BCUT2D eigenvalue weighted by Gasteiger charge is 2.20. The maximum absolute atomic E-state index is 5.97. The van der Waals surface area contributed by atoms with Gasteiger partial charge in [-0.25, -0.2) is 0 Å². The second kappa shape index (κ2) is 3.92. The molecule has 1 aliphatic rings. The number of benzene rings is 2. The normalized spacial score (nSPS) is 17.6. The maximum atomic E-state index is 5.97. The van der Waals surface area contributed by atoms with Crippen molar-refractivity contribution < 1.29 is 4.74 Å². The second-order valence-electron chi connectivity index (χ2n) is 4.75. The molecule has 1 heterocycles. The van der Waals surface area contributed by atoms with Gasteiger partial charge in [0.15, 0.2) is 0 Å². The molecule has 17 heavy (non-hydrogen) atoms. The van der Waals surface area contributed by atoms with E-state index in [1.807, 2.05) is 0 Å². The Kier molecular flexibility index (Phi) is 2.40. The summed E-state index contributed by atoms with van der Waals surface area (Å²) in [6, 6.07) is 15.0. The van der Waals surface area contributed by atoms with Gasteiger partial charge in [-0.1, -0.05) is 49.4 Å². The fraction of sp³-hybridized carbons (Fsp3) is 0.250. The van der Waals surface area contributed by atoms with E-state index >= 15 is 0 Å². The number of rotatable bonds is 0. The number of para-hydroxylation sites is 1. The molecule has 1 nitrogen and oxygen atoms in total. The molecule has 1 aliphatic heterocycles. The topological polar surface area (TPSA) is 9.23 Å². The Morgan fingerprint density at radius 3 is 2.65 bits per heavy atom. The van der Waals surface area contributed by atoms with Crippen molar-refractivity contribution >= 4 is 0 Å². The predicted octanol–water partition coefficient (Wildman–Crippen LogP) is 4.16. The summed E-state index contributed by atoms with van der Waals surface area (Å²) in [5.41, 5.74) is 5.14. The van der Waals surface area contributed by atoms with Crippen LogP contribution in [0.5, 0.6) is 5.75 Å². The number of ether oxygens (including phenoxy) is 1. The molecule has 3 rings (SSSR count). The van der Waals surface area contributed by atoms with Crippen molar-refractivity contribution in [3.63, 3.8) is 0 Å². The molecule has 0 spiro atoms. The molecule has 0 radical (unpaired) electrons. The molecule has 0 amide bonds. The van der Waals surface area contributed by atoms with Crippen LogP contribution < -0.4 is 4.74 Å². The van der Waals surface area contributed by atoms with Gasteiger partial charge in [-0.2, -0.15) is 0 Å². The summed E-state index contributed by atoms with van der Waals surface area (Å²) < 4.78 is 5.97. The van der Waals surface area contributed by atoms with E-state index < -0.39 is 0 Å². The molecule has 86 valence electrons. The molecule has 0 aliphatic carbocycles. The van der Waals surface area contributed by atoms with E-state index in [1.54, 1.807) is 0 Å². The fourth-order valence-corrected chi connectivity index (χ4v) is 2.53. The monoisotopic (exact) mass is 224 g/mol. The molecule has 0 bridgehead atoms. The van der Waals surface area contributed by atoms with Gasteiger partial charge in [-0.05, 0) is 23.6 Å². The van der Waals surface area contributed by atoms with Gasteiger partial charge < -0.3 is 4.74 Å². The molecule has 2 aromatic carbocycles. The molecule has 0 saturated heterocycles. The van der Waals surface area contributed by atoms with Gasteiger partial charge >= 0.3 is 0 Å². The summed E-state index contributed by atoms with van der Waals surface area (Å²) >= 11 is 0. The van der Waals surface area contributed by atoms with E-state index in [9.17, 15) is 0 Å². The van der Waals surface area contributed by atoms with Gasteiger partial charge in [-0.3, -0.25) is 0 Å². The minimum Gasteiger partial charge on any atom is -0.492 e. The van der Waals surface area contributed by atoms with E-state index in [4.69, 9.17) is 4.74 Å². The summed E-state index contributed by atoms with van der Waals surface area (Å²) in [6.45, 7) is 5.09. The van der Waals surface area contributed by atoms with E-state index in [2.05, 4.69) is 56.3 Å². The first-order chi connectivity index (χ1) is 8.27. The highest BCUT2D eigenvalue weighted by atomic mass is 16.5. The van der Waals surface area contributed by atoms with Crippen molar-refractivity contribution in [2.24, 2.45) is 0 Å². The van der Waals surface area contributed by atoms with E-state index in [0.29, 0.717) is 5.92 Å². The minimum absolute atomic E-state index is 0.443. The summed E-state index contributed by atoms with van der Waals surface area (Å²) in [4.78, 5) is 0. The molecule has 1 unspecified atom stereocenters. The Hall–Kier alpha value is -1.76. The predicted molar refractivity (Wildman–Crippen MR) is 70.5 cm³/mol. The molecule has 1 heteroatoms. The van der Waals surface area contributed by atoms with Crippen molar-refractivity contribution in [1.82, 2.24) is 0 Å². The first kappa shape index (κ1) is 10.4. The maximum Gasteiger partial charge on any atom is 0.130 e. The number of hydrogen-bond donors (Lipinski definition) is 0. The third-order valence-electron chi connectivity index (χ3n) is 3.47. The largest absolute Gasteiger partial charge is 0.492 e. The van der Waals surface area contributed by atoms with Crippen LogP contribution in [-0.2, 0) is 0 Å². The van der Waals surface area contributed by atoms with Gasteiger partial charge in [0.05, 0.1) is 6.61 Å². The Labute approximate surface area is 102 Å². The van der Waals surface area contributed by atoms with Crippen molar-refractivity contribution in [2.45, 2.75) is 19.8 Å². The molecular formula is C16H16O. The average Bonchev–Trinajstić information content (AvgIpc) is 2.50. The zero-order valence-corrected chi connectivity index (χ0v) is 10.2. The van der Waals surface area contributed by atoms with Crippen LogP contribution in [0.3, 0.4) is 0 Å². The summed E-state index contributed by atoms with van der Waals surface area (Å²) in [7, 11) is 0. The molecule has 1 atom stereocenters. The van der Waals surface area contributed by atoms with Crippen LogP contribution in [0.15, 0.2) is 42.5 Å². The molecule has 0 saturated carbocycles. The van der Waals surface area contributed by atoms with Crippen LogP contribution in [0.4, 0.5) is 0 Å². The fourth-order valence-electron chi connectivity index (χ4n) is 2.53. The average molecular weight is 224 g/mol. The Balaban J connectivity index is 2.30. The van der Waals surface area contributed by atoms with Crippen molar-refractivity contribution in [2.75, 3.05) is 6.61 Å². The highest BCUT2D eigenvalue weighted by Crippen LogP contribution is 2.40. The lowest BCUT2D eigenvalue weighted by Crippen LogP contribution is -2.05. The van der Waals surface area contributed by atoms with Gasteiger partial charge in [-0.15, -0.1) is 0 Å². The first-order valence-corrected chi connectivity index (χ1v) is 6.09. The molecule has 0 N–H and O–H groups in total. The third kappa shape index (κ3) is 1.62. The number of hydrogen-bond acceptors (Lipinski definition) is 1. The summed E-state index contributed by atoms with van der Waals surface area (Å²) in [5.74, 6) is 1.49. The van der Waals surface area contributed by atoms with Gasteiger partial charge in [0.2, 0.25) is 0 Å². The quantitative estimate of drug-likeness (QED) is 0.653. The van der Waals surface area contributed by atoms with Crippen LogP contribution in [0.1, 0.15) is 24.0 Å². The first-order valence-electron chi connectivity index (χ1n) is 6.09. The highest BCUT2D eigenvalue weighted by molar-refractivity contribution is 5.76. The number of aryl methyl sites for hydroxylation is 1. The zero-order valence-electron chi connectivity index (χ0n) is 10.2. The lowest BCUT2D eigenvalue weighted by molar-refractivity contribution is 0.299. The van der Waals surface area contributed by atoms with Crippen LogP contribution in [0.2, 0.25) is 0 Å². The minimum atomic E-state index is 0.443. The van der Waals surface area contributed by atoms with E-state index in [1.165, 1.54) is 22.3 Å². The third-order valence-corrected chi connectivity index (χ3v) is 3.47. The standard InChI is InChI=1S/C16H16O/c1-11-6-5-9-15-14-8-4-3-7-13(14)12(2)10-17-16(11)15/h3-9,12H,10H2,1-2H3. The van der Waals surface area contributed by atoms with Gasteiger partial charge in [0, 0.05) is 11.5 Å². The van der Waals surface area contributed by atoms with Crippen LogP contribution in [0, 0.1) is 6.92 Å².